The van der Waals surface area contributed by atoms with E-state index in [1.165, 1.54) is 37.7 Å². The van der Waals surface area contributed by atoms with Crippen LogP contribution in [0.2, 0.25) is 0 Å². The molecule has 0 aromatic rings. The van der Waals surface area contributed by atoms with Gasteiger partial charge in [-0.2, -0.15) is 0 Å². The predicted molar refractivity (Wildman–Crippen MR) is 130 cm³/mol. The van der Waals surface area contributed by atoms with E-state index in [0.29, 0.717) is 46.5 Å². The highest BCUT2D eigenvalue weighted by Crippen LogP contribution is 2.73. The van der Waals surface area contributed by atoms with Crippen molar-refractivity contribution in [2.75, 3.05) is 0 Å². The molecule has 180 valence electrons. The number of hydrogen-bond donors (Lipinski definition) is 2. The van der Waals surface area contributed by atoms with Crippen LogP contribution in [0.1, 0.15) is 98.8 Å². The SMILES string of the molecule is C=C(C)[C@@H]1CC[C@]2(C(=O)O)CCC3C(CCC4[C@@]3(C)CCC3C(C)(C)[C@H](N)CC[C@@]34C)C12. The molecule has 5 aliphatic carbocycles. The Bertz CT molecular complexity index is 818. The van der Waals surface area contributed by atoms with Crippen molar-refractivity contribution in [1.82, 2.24) is 0 Å². The maximum atomic E-state index is 12.7. The summed E-state index contributed by atoms with van der Waals surface area (Å²) in [5, 5.41) is 10.4. The second kappa shape index (κ2) is 7.09. The molecular formula is C29H47NO2. The van der Waals surface area contributed by atoms with Crippen LogP contribution in [0.15, 0.2) is 12.2 Å². The summed E-state index contributed by atoms with van der Waals surface area (Å²) < 4.78 is 0. The van der Waals surface area contributed by atoms with E-state index in [4.69, 9.17) is 5.73 Å². The quantitative estimate of drug-likeness (QED) is 0.471. The molecule has 5 saturated carbocycles. The normalized spacial score (nSPS) is 54.0. The molecule has 0 aliphatic heterocycles. The Balaban J connectivity index is 1.52. The monoisotopic (exact) mass is 441 g/mol. The van der Waals surface area contributed by atoms with Gasteiger partial charge < -0.3 is 10.8 Å². The first-order valence-corrected chi connectivity index (χ1v) is 13.5. The van der Waals surface area contributed by atoms with Gasteiger partial charge in [-0.1, -0.05) is 39.8 Å². The van der Waals surface area contributed by atoms with E-state index in [0.717, 1.165) is 38.0 Å². The topological polar surface area (TPSA) is 63.3 Å². The van der Waals surface area contributed by atoms with Crippen molar-refractivity contribution in [2.45, 2.75) is 105 Å². The Morgan fingerprint density at radius 3 is 2.19 bits per heavy atom. The zero-order valence-corrected chi connectivity index (χ0v) is 21.3. The van der Waals surface area contributed by atoms with Gasteiger partial charge in [0.1, 0.15) is 0 Å². The molecule has 10 atom stereocenters. The molecule has 0 aromatic carbocycles. The summed E-state index contributed by atoms with van der Waals surface area (Å²) in [6, 6.07) is 0.321. The molecule has 3 nitrogen and oxygen atoms in total. The number of hydrogen-bond acceptors (Lipinski definition) is 2. The maximum Gasteiger partial charge on any atom is 0.309 e. The van der Waals surface area contributed by atoms with E-state index in [1.807, 2.05) is 0 Å². The first-order valence-electron chi connectivity index (χ1n) is 13.5. The standard InChI is InChI=1S/C29H47NO2/c1-17(2)18-9-15-29(25(31)32)16-10-20-19(24(18)29)7-8-22-27(20,5)13-11-21-26(3,4)23(30)12-14-28(21,22)6/h18-24H,1,7-16,30H2,2-6H3,(H,31,32)/t18-,19?,20?,21?,22?,23+,24?,27-,28-,29-/m0/s1. The molecule has 5 unspecified atom stereocenters. The molecule has 0 radical (unpaired) electrons. The van der Waals surface area contributed by atoms with Crippen LogP contribution in [0, 0.1) is 57.2 Å². The lowest BCUT2D eigenvalue weighted by molar-refractivity contribution is -0.204. The van der Waals surface area contributed by atoms with Crippen molar-refractivity contribution < 1.29 is 9.90 Å². The molecule has 0 amide bonds. The number of aliphatic carboxylic acids is 1. The molecule has 3 N–H and O–H groups in total. The summed E-state index contributed by atoms with van der Waals surface area (Å²) in [6.45, 7) is 16.6. The summed E-state index contributed by atoms with van der Waals surface area (Å²) in [7, 11) is 0. The molecule has 0 spiro atoms. The number of nitrogens with two attached hydrogens (primary N) is 1. The van der Waals surface area contributed by atoms with E-state index >= 15 is 0 Å². The summed E-state index contributed by atoms with van der Waals surface area (Å²) in [5.41, 5.74) is 8.34. The largest absolute Gasteiger partial charge is 0.481 e. The fourth-order valence-electron chi connectivity index (χ4n) is 11.2. The number of carbonyl (C=O) groups is 1. The van der Waals surface area contributed by atoms with Gasteiger partial charge in [0.2, 0.25) is 0 Å². The van der Waals surface area contributed by atoms with Gasteiger partial charge in [-0.05, 0) is 123 Å². The molecular weight excluding hydrogens is 394 g/mol. The summed E-state index contributed by atoms with van der Waals surface area (Å²) in [5.74, 6) is 2.89. The molecule has 32 heavy (non-hydrogen) atoms. The van der Waals surface area contributed by atoms with Crippen molar-refractivity contribution in [3.05, 3.63) is 12.2 Å². The maximum absolute atomic E-state index is 12.7. The molecule has 0 bridgehead atoms. The van der Waals surface area contributed by atoms with Crippen LogP contribution in [-0.2, 0) is 4.79 Å². The molecule has 5 aliphatic rings. The van der Waals surface area contributed by atoms with Gasteiger partial charge >= 0.3 is 5.97 Å². The zero-order valence-electron chi connectivity index (χ0n) is 21.3. The summed E-state index contributed by atoms with van der Waals surface area (Å²) >= 11 is 0. The van der Waals surface area contributed by atoms with Gasteiger partial charge in [-0.25, -0.2) is 0 Å². The fourth-order valence-corrected chi connectivity index (χ4v) is 11.2. The van der Waals surface area contributed by atoms with E-state index in [2.05, 4.69) is 41.2 Å². The van der Waals surface area contributed by atoms with Crippen LogP contribution in [0.4, 0.5) is 0 Å². The second-order valence-electron chi connectivity index (χ2n) is 14.0. The second-order valence-corrected chi connectivity index (χ2v) is 14.0. The van der Waals surface area contributed by atoms with Gasteiger partial charge in [0.15, 0.2) is 0 Å². The fraction of sp³-hybridized carbons (Fsp3) is 0.897. The molecule has 3 heteroatoms. The third kappa shape index (κ3) is 2.72. The first-order chi connectivity index (χ1) is 14.9. The average molecular weight is 442 g/mol. The number of rotatable bonds is 2. The minimum absolute atomic E-state index is 0.215. The Morgan fingerprint density at radius 2 is 1.53 bits per heavy atom. The Hall–Kier alpha value is -0.830. The minimum atomic E-state index is -0.518. The predicted octanol–water partition coefficient (Wildman–Crippen LogP) is 6.67. The van der Waals surface area contributed by atoms with Crippen LogP contribution < -0.4 is 5.73 Å². The van der Waals surface area contributed by atoms with E-state index < -0.39 is 11.4 Å². The lowest BCUT2D eigenvalue weighted by Gasteiger charge is -2.69. The smallest absolute Gasteiger partial charge is 0.309 e. The van der Waals surface area contributed by atoms with Crippen LogP contribution in [0.25, 0.3) is 0 Å². The third-order valence-electron chi connectivity index (χ3n) is 12.8. The highest BCUT2D eigenvalue weighted by molar-refractivity contribution is 5.76. The molecule has 0 aromatic heterocycles. The zero-order chi connectivity index (χ0) is 23.3. The van der Waals surface area contributed by atoms with Gasteiger partial charge in [0.25, 0.3) is 0 Å². The van der Waals surface area contributed by atoms with Crippen LogP contribution in [-0.4, -0.2) is 17.1 Å². The van der Waals surface area contributed by atoms with Gasteiger partial charge in [0, 0.05) is 6.04 Å². The number of carboxylic acids is 1. The number of carboxylic acid groups (broad SMARTS) is 1. The highest BCUT2D eigenvalue weighted by Gasteiger charge is 2.68. The number of fused-ring (bicyclic) bond motifs is 7. The summed E-state index contributed by atoms with van der Waals surface area (Å²) in [4.78, 5) is 12.7. The average Bonchev–Trinajstić information content (AvgIpc) is 3.12. The van der Waals surface area contributed by atoms with E-state index in [1.54, 1.807) is 0 Å². The van der Waals surface area contributed by atoms with Crippen molar-refractivity contribution in [3.63, 3.8) is 0 Å². The van der Waals surface area contributed by atoms with Crippen LogP contribution in [0.5, 0.6) is 0 Å². The van der Waals surface area contributed by atoms with Crippen molar-refractivity contribution in [3.8, 4) is 0 Å². The third-order valence-corrected chi connectivity index (χ3v) is 12.8. The molecule has 0 heterocycles. The minimum Gasteiger partial charge on any atom is -0.481 e. The first kappa shape index (κ1) is 22.9. The Morgan fingerprint density at radius 1 is 0.875 bits per heavy atom. The number of allylic oxidation sites excluding steroid dienone is 1. The van der Waals surface area contributed by atoms with Gasteiger partial charge in [-0.15, -0.1) is 0 Å². The van der Waals surface area contributed by atoms with E-state index in [-0.39, 0.29) is 5.41 Å². The van der Waals surface area contributed by atoms with Gasteiger partial charge in [0.05, 0.1) is 5.41 Å². The lowest BCUT2D eigenvalue weighted by Crippen LogP contribution is -2.64. The van der Waals surface area contributed by atoms with Crippen LogP contribution >= 0.6 is 0 Å². The van der Waals surface area contributed by atoms with E-state index in [9.17, 15) is 9.90 Å². The van der Waals surface area contributed by atoms with Gasteiger partial charge in [-0.3, -0.25) is 4.79 Å². The molecule has 5 rings (SSSR count). The highest BCUT2D eigenvalue weighted by atomic mass is 16.4. The van der Waals surface area contributed by atoms with Crippen molar-refractivity contribution in [1.29, 1.82) is 0 Å². The van der Waals surface area contributed by atoms with Crippen molar-refractivity contribution >= 4 is 5.97 Å². The molecule has 5 fully saturated rings. The Labute approximate surface area is 196 Å². The summed E-state index contributed by atoms with van der Waals surface area (Å²) in [6.07, 6.45) is 11.4. The Kier molecular flexibility index (Phi) is 5.08. The molecule has 0 saturated heterocycles. The van der Waals surface area contributed by atoms with Crippen LogP contribution in [0.3, 0.4) is 0 Å². The lowest BCUT2D eigenvalue weighted by atomic mass is 9.36. The van der Waals surface area contributed by atoms with Crippen molar-refractivity contribution in [2.24, 2.45) is 62.9 Å².